The van der Waals surface area contributed by atoms with E-state index in [4.69, 9.17) is 21.1 Å². The molecular weight excluding hydrogens is 474 g/mol. The van der Waals surface area contributed by atoms with Gasteiger partial charge in [-0.2, -0.15) is 5.10 Å². The third-order valence-corrected chi connectivity index (χ3v) is 7.60. The van der Waals surface area contributed by atoms with Gasteiger partial charge in [0.1, 0.15) is 5.69 Å². The van der Waals surface area contributed by atoms with E-state index in [1.165, 1.54) is 6.42 Å². The lowest BCUT2D eigenvalue weighted by Crippen LogP contribution is -2.40. The van der Waals surface area contributed by atoms with Crippen LogP contribution in [0.3, 0.4) is 0 Å². The van der Waals surface area contributed by atoms with Crippen molar-refractivity contribution in [1.29, 1.82) is 0 Å². The highest BCUT2D eigenvalue weighted by atomic mass is 35.5. The van der Waals surface area contributed by atoms with Crippen molar-refractivity contribution in [3.05, 3.63) is 64.3 Å². The summed E-state index contributed by atoms with van der Waals surface area (Å²) in [5.41, 5.74) is 4.21. The summed E-state index contributed by atoms with van der Waals surface area (Å²) in [6.07, 6.45) is 6.52. The van der Waals surface area contributed by atoms with E-state index in [1.54, 1.807) is 7.11 Å². The average molecular weight is 508 g/mol. The van der Waals surface area contributed by atoms with Gasteiger partial charge in [0.05, 0.1) is 25.5 Å². The predicted molar refractivity (Wildman–Crippen MR) is 142 cm³/mol. The molecule has 1 aliphatic carbocycles. The molecule has 1 saturated carbocycles. The fourth-order valence-corrected chi connectivity index (χ4v) is 5.56. The first-order valence-corrected chi connectivity index (χ1v) is 13.3. The molecule has 36 heavy (non-hydrogen) atoms. The van der Waals surface area contributed by atoms with E-state index in [0.29, 0.717) is 29.0 Å². The Morgan fingerprint density at radius 1 is 1.08 bits per heavy atom. The Kier molecular flexibility index (Phi) is 7.24. The molecule has 0 saturated heterocycles. The summed E-state index contributed by atoms with van der Waals surface area (Å²) in [5, 5.41) is 8.32. The molecule has 1 aliphatic heterocycles. The van der Waals surface area contributed by atoms with Crippen molar-refractivity contribution in [2.24, 2.45) is 5.92 Å². The molecule has 0 radical (unpaired) electrons. The summed E-state index contributed by atoms with van der Waals surface area (Å²) in [6.45, 7) is 5.00. The van der Waals surface area contributed by atoms with E-state index in [9.17, 15) is 4.79 Å². The SMILES string of the molecule is COc1cc(C2c3c(-c4ccc(Cl)cc4)n[nH]c3C(=O)N2C2CCCCC2)ccc1OCCC(C)C. The second kappa shape index (κ2) is 10.6. The Hall–Kier alpha value is -2.99. The number of methoxy groups -OCH3 is 1. The van der Waals surface area contributed by atoms with Crippen molar-refractivity contribution in [2.75, 3.05) is 13.7 Å². The number of hydrogen-bond donors (Lipinski definition) is 1. The van der Waals surface area contributed by atoms with Crippen LogP contribution in [0.4, 0.5) is 0 Å². The minimum absolute atomic E-state index is 0.0193. The lowest BCUT2D eigenvalue weighted by atomic mass is 9.91. The van der Waals surface area contributed by atoms with E-state index >= 15 is 0 Å². The largest absolute Gasteiger partial charge is 0.493 e. The van der Waals surface area contributed by atoms with Crippen molar-refractivity contribution in [3.8, 4) is 22.8 Å². The lowest BCUT2D eigenvalue weighted by Gasteiger charge is -2.36. The van der Waals surface area contributed by atoms with Crippen LogP contribution in [0.5, 0.6) is 11.5 Å². The van der Waals surface area contributed by atoms with Crippen LogP contribution in [-0.4, -0.2) is 40.8 Å². The maximum atomic E-state index is 13.8. The molecule has 3 aromatic rings. The minimum atomic E-state index is -0.251. The predicted octanol–water partition coefficient (Wildman–Crippen LogP) is 7.04. The standard InChI is InChI=1S/C29H34ClN3O3/c1-18(2)15-16-36-23-14-11-20(17-24(23)35-3)28-25-26(19-9-12-21(30)13-10-19)31-32-27(25)29(34)33(28)22-7-5-4-6-8-22/h9-14,17-18,22,28H,4-8,15-16H2,1-3H3,(H,31,32). The van der Waals surface area contributed by atoms with Crippen LogP contribution >= 0.6 is 11.6 Å². The van der Waals surface area contributed by atoms with E-state index in [0.717, 1.165) is 60.2 Å². The Bertz CT molecular complexity index is 1220. The third-order valence-electron chi connectivity index (χ3n) is 7.35. The van der Waals surface area contributed by atoms with E-state index < -0.39 is 0 Å². The molecule has 1 aromatic heterocycles. The fourth-order valence-electron chi connectivity index (χ4n) is 5.43. The summed E-state index contributed by atoms with van der Waals surface area (Å²) in [4.78, 5) is 15.9. The molecule has 0 spiro atoms. The Labute approximate surface area is 217 Å². The van der Waals surface area contributed by atoms with Gasteiger partial charge in [-0.15, -0.1) is 0 Å². The van der Waals surface area contributed by atoms with Crippen LogP contribution in [0.1, 0.15) is 80.0 Å². The summed E-state index contributed by atoms with van der Waals surface area (Å²) in [5.74, 6) is 1.98. The monoisotopic (exact) mass is 507 g/mol. The van der Waals surface area contributed by atoms with Crippen LogP contribution in [0.2, 0.25) is 5.02 Å². The van der Waals surface area contributed by atoms with Crippen molar-refractivity contribution in [1.82, 2.24) is 15.1 Å². The number of fused-ring (bicyclic) bond motifs is 1. The number of rotatable bonds is 8. The van der Waals surface area contributed by atoms with Crippen molar-refractivity contribution < 1.29 is 14.3 Å². The van der Waals surface area contributed by atoms with Gasteiger partial charge in [0.25, 0.3) is 5.91 Å². The van der Waals surface area contributed by atoms with Crippen LogP contribution < -0.4 is 9.47 Å². The summed E-state index contributed by atoms with van der Waals surface area (Å²) in [7, 11) is 1.66. The first kappa shape index (κ1) is 24.7. The molecule has 7 heteroatoms. The molecule has 2 aromatic carbocycles. The normalized spacial score (nSPS) is 18.1. The van der Waals surface area contributed by atoms with Gasteiger partial charge in [-0.3, -0.25) is 9.89 Å². The second-order valence-electron chi connectivity index (χ2n) is 10.2. The molecule has 190 valence electrons. The van der Waals surface area contributed by atoms with E-state index in [1.807, 2.05) is 36.4 Å². The number of halogens is 1. The van der Waals surface area contributed by atoms with Crippen LogP contribution in [0.25, 0.3) is 11.3 Å². The van der Waals surface area contributed by atoms with Gasteiger partial charge in [-0.05, 0) is 55.0 Å². The highest BCUT2D eigenvalue weighted by molar-refractivity contribution is 6.30. The number of ether oxygens (including phenoxy) is 2. The van der Waals surface area contributed by atoms with Crippen molar-refractivity contribution in [3.63, 3.8) is 0 Å². The number of nitrogens with one attached hydrogen (secondary N) is 1. The van der Waals surface area contributed by atoms with Gasteiger partial charge < -0.3 is 14.4 Å². The smallest absolute Gasteiger partial charge is 0.273 e. The van der Waals surface area contributed by atoms with E-state index in [2.05, 4.69) is 35.0 Å². The first-order valence-electron chi connectivity index (χ1n) is 13.0. The van der Waals surface area contributed by atoms with Gasteiger partial charge >= 0.3 is 0 Å². The molecule has 1 fully saturated rings. The minimum Gasteiger partial charge on any atom is -0.493 e. The summed E-state index contributed by atoms with van der Waals surface area (Å²) in [6, 6.07) is 13.6. The molecule has 2 aliphatic rings. The zero-order valence-corrected chi connectivity index (χ0v) is 22.0. The van der Waals surface area contributed by atoms with Crippen molar-refractivity contribution >= 4 is 17.5 Å². The number of benzene rings is 2. The number of nitrogens with zero attached hydrogens (tertiary/aromatic N) is 2. The van der Waals surface area contributed by atoms with Gasteiger partial charge in [-0.25, -0.2) is 0 Å². The number of carbonyl (C=O) groups is 1. The molecule has 1 unspecified atom stereocenters. The second-order valence-corrected chi connectivity index (χ2v) is 10.7. The highest BCUT2D eigenvalue weighted by Crippen LogP contribution is 2.47. The summed E-state index contributed by atoms with van der Waals surface area (Å²) >= 11 is 6.15. The Balaban J connectivity index is 1.57. The summed E-state index contributed by atoms with van der Waals surface area (Å²) < 4.78 is 11.8. The number of amides is 1. The average Bonchev–Trinajstić information content (AvgIpc) is 3.44. The zero-order chi connectivity index (χ0) is 25.2. The molecular formula is C29H34ClN3O3. The number of aromatic amines is 1. The van der Waals surface area contributed by atoms with Crippen LogP contribution in [0.15, 0.2) is 42.5 Å². The zero-order valence-electron chi connectivity index (χ0n) is 21.2. The first-order chi connectivity index (χ1) is 17.5. The molecule has 1 amide bonds. The molecule has 0 bridgehead atoms. The van der Waals surface area contributed by atoms with Gasteiger partial charge in [0, 0.05) is 22.2 Å². The van der Waals surface area contributed by atoms with E-state index in [-0.39, 0.29) is 18.0 Å². The quantitative estimate of drug-likeness (QED) is 0.355. The fraction of sp³-hybridized carbons (Fsp3) is 0.448. The molecule has 1 N–H and O–H groups in total. The van der Waals surface area contributed by atoms with Gasteiger partial charge in [0.15, 0.2) is 11.5 Å². The third kappa shape index (κ3) is 4.71. The van der Waals surface area contributed by atoms with Gasteiger partial charge in [0.2, 0.25) is 0 Å². The molecule has 2 heterocycles. The number of H-pyrrole nitrogens is 1. The van der Waals surface area contributed by atoms with Crippen molar-refractivity contribution in [2.45, 2.75) is 64.5 Å². The van der Waals surface area contributed by atoms with Crippen LogP contribution in [0, 0.1) is 5.92 Å². The maximum absolute atomic E-state index is 13.8. The number of carbonyl (C=O) groups excluding carboxylic acids is 1. The molecule has 6 nitrogen and oxygen atoms in total. The topological polar surface area (TPSA) is 67.5 Å². The molecule has 5 rings (SSSR count). The van der Waals surface area contributed by atoms with Crippen LogP contribution in [-0.2, 0) is 0 Å². The Morgan fingerprint density at radius 2 is 1.83 bits per heavy atom. The highest BCUT2D eigenvalue weighted by Gasteiger charge is 2.45. The number of aromatic nitrogens is 2. The lowest BCUT2D eigenvalue weighted by molar-refractivity contribution is 0.0606. The van der Waals surface area contributed by atoms with Gasteiger partial charge in [-0.1, -0.05) is 62.9 Å². The number of hydrogen-bond acceptors (Lipinski definition) is 4. The Morgan fingerprint density at radius 3 is 2.53 bits per heavy atom. The molecule has 1 atom stereocenters. The maximum Gasteiger partial charge on any atom is 0.273 e.